The standard InChI is InChI=1S/C11H15NO4S/c1-2-7-12(8-9-13)17(15,16)11-6-4-3-5-10(11)14/h2-6,13-14H,1,7-9H2. The number of phenols is 1. The minimum Gasteiger partial charge on any atom is -0.507 e. The van der Waals surface area contributed by atoms with E-state index in [1.54, 1.807) is 0 Å². The van der Waals surface area contributed by atoms with Gasteiger partial charge in [0.1, 0.15) is 10.6 Å². The molecular weight excluding hydrogens is 242 g/mol. The Kier molecular flexibility index (Phi) is 4.68. The average molecular weight is 257 g/mol. The maximum Gasteiger partial charge on any atom is 0.247 e. The zero-order valence-corrected chi connectivity index (χ0v) is 10.1. The number of rotatable bonds is 6. The van der Waals surface area contributed by atoms with Crippen molar-refractivity contribution < 1.29 is 18.6 Å². The molecular formula is C11H15NO4S. The van der Waals surface area contributed by atoms with Crippen molar-refractivity contribution in [2.24, 2.45) is 0 Å². The van der Waals surface area contributed by atoms with Crippen LogP contribution in [0.5, 0.6) is 5.75 Å². The SMILES string of the molecule is C=CCN(CCO)S(=O)(=O)c1ccccc1O. The lowest BCUT2D eigenvalue weighted by atomic mass is 10.3. The smallest absolute Gasteiger partial charge is 0.247 e. The molecule has 0 saturated heterocycles. The molecule has 0 saturated carbocycles. The van der Waals surface area contributed by atoms with E-state index in [1.165, 1.54) is 30.3 Å². The van der Waals surface area contributed by atoms with Crippen molar-refractivity contribution in [1.82, 2.24) is 4.31 Å². The molecule has 0 bridgehead atoms. The number of phenolic OH excluding ortho intramolecular Hbond substituents is 1. The third kappa shape index (κ3) is 3.06. The molecule has 0 heterocycles. The lowest BCUT2D eigenvalue weighted by molar-refractivity contribution is 0.260. The Morgan fingerprint density at radius 2 is 2.00 bits per heavy atom. The quantitative estimate of drug-likeness (QED) is 0.730. The van der Waals surface area contributed by atoms with Crippen molar-refractivity contribution in [3.05, 3.63) is 36.9 Å². The summed E-state index contributed by atoms with van der Waals surface area (Å²) in [4.78, 5) is -0.171. The second kappa shape index (κ2) is 5.81. The van der Waals surface area contributed by atoms with E-state index in [0.717, 1.165) is 4.31 Å². The fourth-order valence-corrected chi connectivity index (χ4v) is 2.86. The average Bonchev–Trinajstić information content (AvgIpc) is 2.29. The van der Waals surface area contributed by atoms with Crippen LogP contribution in [0.15, 0.2) is 41.8 Å². The molecule has 1 rings (SSSR count). The molecule has 94 valence electrons. The molecule has 5 nitrogen and oxygen atoms in total. The summed E-state index contributed by atoms with van der Waals surface area (Å²) in [6, 6.07) is 5.69. The number of aromatic hydroxyl groups is 1. The maximum atomic E-state index is 12.1. The van der Waals surface area contributed by atoms with E-state index in [2.05, 4.69) is 6.58 Å². The lowest BCUT2D eigenvalue weighted by Crippen LogP contribution is -2.33. The molecule has 0 aliphatic rings. The first-order chi connectivity index (χ1) is 8.04. The Balaban J connectivity index is 3.16. The molecule has 0 fully saturated rings. The normalized spacial score (nSPS) is 11.6. The number of hydrogen-bond acceptors (Lipinski definition) is 4. The van der Waals surface area contributed by atoms with Crippen molar-refractivity contribution in [3.63, 3.8) is 0 Å². The van der Waals surface area contributed by atoms with Crippen LogP contribution in [0.4, 0.5) is 0 Å². The number of aliphatic hydroxyl groups is 1. The first-order valence-electron chi connectivity index (χ1n) is 5.04. The second-order valence-corrected chi connectivity index (χ2v) is 5.25. The number of sulfonamides is 1. The summed E-state index contributed by atoms with van der Waals surface area (Å²) in [6.07, 6.45) is 1.42. The van der Waals surface area contributed by atoms with Gasteiger partial charge in [0.2, 0.25) is 10.0 Å². The predicted molar refractivity (Wildman–Crippen MR) is 64.1 cm³/mol. The van der Waals surface area contributed by atoms with Crippen LogP contribution in [0.1, 0.15) is 0 Å². The van der Waals surface area contributed by atoms with Gasteiger partial charge in [-0.2, -0.15) is 4.31 Å². The Hall–Kier alpha value is -1.37. The van der Waals surface area contributed by atoms with Crippen LogP contribution in [0.3, 0.4) is 0 Å². The number of para-hydroxylation sites is 1. The summed E-state index contributed by atoms with van der Waals surface area (Å²) in [5.74, 6) is -0.306. The van der Waals surface area contributed by atoms with Crippen molar-refractivity contribution in [3.8, 4) is 5.75 Å². The van der Waals surface area contributed by atoms with Crippen LogP contribution < -0.4 is 0 Å². The number of hydrogen-bond donors (Lipinski definition) is 2. The van der Waals surface area contributed by atoms with E-state index in [-0.39, 0.29) is 30.3 Å². The molecule has 17 heavy (non-hydrogen) atoms. The van der Waals surface area contributed by atoms with E-state index < -0.39 is 10.0 Å². The Morgan fingerprint density at radius 1 is 1.35 bits per heavy atom. The van der Waals surface area contributed by atoms with Crippen molar-refractivity contribution in [2.75, 3.05) is 19.7 Å². The Morgan fingerprint density at radius 3 is 2.53 bits per heavy atom. The van der Waals surface area contributed by atoms with Gasteiger partial charge in [0.05, 0.1) is 6.61 Å². The Labute approximate surface area is 101 Å². The number of nitrogens with zero attached hydrogens (tertiary/aromatic N) is 1. The third-order valence-corrected chi connectivity index (χ3v) is 4.08. The first-order valence-corrected chi connectivity index (χ1v) is 6.48. The Bertz CT molecular complexity index is 484. The van der Waals surface area contributed by atoms with E-state index >= 15 is 0 Å². The summed E-state index contributed by atoms with van der Waals surface area (Å²) >= 11 is 0. The first kappa shape index (κ1) is 13.7. The van der Waals surface area contributed by atoms with Gasteiger partial charge in [0.15, 0.2) is 0 Å². The summed E-state index contributed by atoms with van der Waals surface area (Å²) in [5, 5.41) is 18.4. The van der Waals surface area contributed by atoms with Crippen LogP contribution in [-0.4, -0.2) is 42.6 Å². The van der Waals surface area contributed by atoms with Crippen molar-refractivity contribution in [1.29, 1.82) is 0 Å². The molecule has 6 heteroatoms. The number of benzene rings is 1. The van der Waals surface area contributed by atoms with Crippen LogP contribution >= 0.6 is 0 Å². The van der Waals surface area contributed by atoms with Gasteiger partial charge >= 0.3 is 0 Å². The van der Waals surface area contributed by atoms with Crippen LogP contribution in [0.25, 0.3) is 0 Å². The molecule has 0 aromatic heterocycles. The van der Waals surface area contributed by atoms with Gasteiger partial charge in [0, 0.05) is 13.1 Å². The highest BCUT2D eigenvalue weighted by Gasteiger charge is 2.25. The molecule has 0 spiro atoms. The molecule has 0 atom stereocenters. The van der Waals surface area contributed by atoms with Gasteiger partial charge in [-0.1, -0.05) is 18.2 Å². The third-order valence-electron chi connectivity index (χ3n) is 2.17. The van der Waals surface area contributed by atoms with Gasteiger partial charge in [-0.3, -0.25) is 0 Å². The summed E-state index contributed by atoms with van der Waals surface area (Å²) in [7, 11) is -3.80. The largest absolute Gasteiger partial charge is 0.507 e. The monoisotopic (exact) mass is 257 g/mol. The fourth-order valence-electron chi connectivity index (χ4n) is 1.38. The van der Waals surface area contributed by atoms with Crippen LogP contribution in [0.2, 0.25) is 0 Å². The predicted octanol–water partition coefficient (Wildman–Crippen LogP) is 0.561. The minimum absolute atomic E-state index is 0.0390. The topological polar surface area (TPSA) is 77.8 Å². The van der Waals surface area contributed by atoms with Crippen LogP contribution in [-0.2, 0) is 10.0 Å². The molecule has 2 N–H and O–H groups in total. The van der Waals surface area contributed by atoms with Crippen molar-refractivity contribution in [2.45, 2.75) is 4.90 Å². The summed E-state index contributed by atoms with van der Waals surface area (Å²) in [5.41, 5.74) is 0. The molecule has 0 unspecified atom stereocenters. The lowest BCUT2D eigenvalue weighted by Gasteiger charge is -2.20. The van der Waals surface area contributed by atoms with Gasteiger partial charge in [-0.25, -0.2) is 8.42 Å². The minimum atomic E-state index is -3.80. The highest BCUT2D eigenvalue weighted by molar-refractivity contribution is 7.89. The summed E-state index contributed by atoms with van der Waals surface area (Å²) < 4.78 is 25.3. The van der Waals surface area contributed by atoms with Gasteiger partial charge in [0.25, 0.3) is 0 Å². The molecule has 0 aliphatic carbocycles. The zero-order valence-electron chi connectivity index (χ0n) is 9.28. The van der Waals surface area contributed by atoms with E-state index in [4.69, 9.17) is 5.11 Å². The van der Waals surface area contributed by atoms with Crippen LogP contribution in [0, 0.1) is 0 Å². The molecule has 1 aromatic rings. The fraction of sp³-hybridized carbons (Fsp3) is 0.273. The molecule has 1 aromatic carbocycles. The van der Waals surface area contributed by atoms with E-state index in [0.29, 0.717) is 0 Å². The highest BCUT2D eigenvalue weighted by Crippen LogP contribution is 2.24. The molecule has 0 aliphatic heterocycles. The second-order valence-electron chi connectivity index (χ2n) is 3.34. The van der Waals surface area contributed by atoms with Gasteiger partial charge in [-0.05, 0) is 12.1 Å². The van der Waals surface area contributed by atoms with Gasteiger partial charge < -0.3 is 10.2 Å². The van der Waals surface area contributed by atoms with E-state index in [1.807, 2.05) is 0 Å². The summed E-state index contributed by atoms with van der Waals surface area (Å²) in [6.45, 7) is 3.21. The number of aliphatic hydroxyl groups excluding tert-OH is 1. The van der Waals surface area contributed by atoms with E-state index in [9.17, 15) is 13.5 Å². The highest BCUT2D eigenvalue weighted by atomic mass is 32.2. The zero-order chi connectivity index (χ0) is 12.9. The van der Waals surface area contributed by atoms with Gasteiger partial charge in [-0.15, -0.1) is 6.58 Å². The molecule has 0 amide bonds. The van der Waals surface area contributed by atoms with Crippen molar-refractivity contribution >= 4 is 10.0 Å². The molecule has 0 radical (unpaired) electrons. The maximum absolute atomic E-state index is 12.1.